The number of sulfonamides is 1. The first kappa shape index (κ1) is 17.4. The summed E-state index contributed by atoms with van der Waals surface area (Å²) in [6.07, 6.45) is 2.67. The van der Waals surface area contributed by atoms with Gasteiger partial charge < -0.3 is 14.4 Å². The molecule has 8 heteroatoms. The third-order valence-electron chi connectivity index (χ3n) is 5.24. The van der Waals surface area contributed by atoms with Gasteiger partial charge in [0.1, 0.15) is 13.2 Å². The fourth-order valence-electron chi connectivity index (χ4n) is 3.65. The molecular formula is C20H20N2O5S. The van der Waals surface area contributed by atoms with E-state index in [9.17, 15) is 13.2 Å². The van der Waals surface area contributed by atoms with Crippen molar-refractivity contribution in [2.75, 3.05) is 29.4 Å². The van der Waals surface area contributed by atoms with Gasteiger partial charge in [-0.05, 0) is 55.2 Å². The minimum atomic E-state index is -3.76. The van der Waals surface area contributed by atoms with Crippen LogP contribution in [0.15, 0.2) is 41.3 Å². The Morgan fingerprint density at radius 1 is 1.04 bits per heavy atom. The molecule has 3 aliphatic rings. The second kappa shape index (κ2) is 6.41. The van der Waals surface area contributed by atoms with Gasteiger partial charge in [-0.3, -0.25) is 9.52 Å². The molecular weight excluding hydrogens is 380 g/mol. The molecule has 1 aliphatic carbocycles. The van der Waals surface area contributed by atoms with Crippen LogP contribution in [-0.2, 0) is 21.2 Å². The van der Waals surface area contributed by atoms with Crippen molar-refractivity contribution >= 4 is 27.3 Å². The van der Waals surface area contributed by atoms with Gasteiger partial charge in [0.2, 0.25) is 5.91 Å². The maximum Gasteiger partial charge on any atom is 0.262 e. The summed E-state index contributed by atoms with van der Waals surface area (Å²) in [4.78, 5) is 14.3. The SMILES string of the molecule is O=C(C1CC1)N1CCc2cc(NS(=O)(=O)c3ccc4c(c3)OCCO4)ccc21. The number of carbonyl (C=O) groups excluding carboxylic acids is 1. The highest BCUT2D eigenvalue weighted by molar-refractivity contribution is 7.92. The van der Waals surface area contributed by atoms with Gasteiger partial charge in [0.15, 0.2) is 11.5 Å². The van der Waals surface area contributed by atoms with E-state index in [1.165, 1.54) is 12.1 Å². The number of hydrogen-bond donors (Lipinski definition) is 1. The van der Waals surface area contributed by atoms with Crippen LogP contribution >= 0.6 is 0 Å². The van der Waals surface area contributed by atoms with Gasteiger partial charge in [0, 0.05) is 29.9 Å². The Balaban J connectivity index is 1.38. The van der Waals surface area contributed by atoms with Crippen molar-refractivity contribution in [2.45, 2.75) is 24.2 Å². The zero-order valence-electron chi connectivity index (χ0n) is 15.2. The molecule has 0 radical (unpaired) electrons. The molecule has 0 spiro atoms. The average Bonchev–Trinajstić information content (AvgIpc) is 3.46. The lowest BCUT2D eigenvalue weighted by Crippen LogP contribution is -2.30. The first-order valence-corrected chi connectivity index (χ1v) is 10.9. The molecule has 1 N–H and O–H groups in total. The highest BCUT2D eigenvalue weighted by Gasteiger charge is 2.36. The molecule has 1 saturated carbocycles. The monoisotopic (exact) mass is 400 g/mol. The number of nitrogens with zero attached hydrogens (tertiary/aromatic N) is 1. The Bertz CT molecular complexity index is 1060. The van der Waals surface area contributed by atoms with E-state index in [-0.39, 0.29) is 16.7 Å². The van der Waals surface area contributed by atoms with Crippen molar-refractivity contribution in [3.05, 3.63) is 42.0 Å². The van der Waals surface area contributed by atoms with Gasteiger partial charge in [0.25, 0.3) is 10.0 Å². The predicted octanol–water partition coefficient (Wildman–Crippen LogP) is 2.56. The summed E-state index contributed by atoms with van der Waals surface area (Å²) in [6, 6.07) is 9.91. The molecule has 2 aromatic rings. The summed E-state index contributed by atoms with van der Waals surface area (Å²) in [5, 5.41) is 0. The molecule has 0 bridgehead atoms. The standard InChI is InChI=1S/C20H20N2O5S/c23-20(13-1-2-13)22-8-7-14-11-15(3-5-17(14)22)21-28(24,25)16-4-6-18-19(12-16)27-10-9-26-18/h3-6,11-13,21H,1-2,7-10H2. The molecule has 0 unspecified atom stereocenters. The second-order valence-electron chi connectivity index (χ2n) is 7.27. The number of hydrogen-bond acceptors (Lipinski definition) is 5. The molecule has 28 heavy (non-hydrogen) atoms. The number of rotatable bonds is 4. The van der Waals surface area contributed by atoms with Crippen LogP contribution in [0.4, 0.5) is 11.4 Å². The number of nitrogens with one attached hydrogen (secondary N) is 1. The molecule has 5 rings (SSSR count). The molecule has 2 heterocycles. The van der Waals surface area contributed by atoms with Gasteiger partial charge in [-0.25, -0.2) is 8.42 Å². The lowest BCUT2D eigenvalue weighted by atomic mass is 10.1. The van der Waals surface area contributed by atoms with E-state index in [1.807, 2.05) is 17.0 Å². The number of carbonyl (C=O) groups is 1. The fourth-order valence-corrected chi connectivity index (χ4v) is 4.71. The molecule has 7 nitrogen and oxygen atoms in total. The second-order valence-corrected chi connectivity index (χ2v) is 8.95. The summed E-state index contributed by atoms with van der Waals surface area (Å²) in [6.45, 7) is 1.50. The van der Waals surface area contributed by atoms with Crippen molar-refractivity contribution in [3.63, 3.8) is 0 Å². The third-order valence-corrected chi connectivity index (χ3v) is 6.62. The molecule has 0 saturated heterocycles. The Hall–Kier alpha value is -2.74. The van der Waals surface area contributed by atoms with Crippen molar-refractivity contribution in [3.8, 4) is 11.5 Å². The van der Waals surface area contributed by atoms with E-state index in [4.69, 9.17) is 9.47 Å². The number of ether oxygens (including phenoxy) is 2. The summed E-state index contributed by atoms with van der Waals surface area (Å²) < 4.78 is 39.1. The Kier molecular flexibility index (Phi) is 3.97. The van der Waals surface area contributed by atoms with E-state index in [0.717, 1.165) is 30.5 Å². The van der Waals surface area contributed by atoms with Gasteiger partial charge >= 0.3 is 0 Å². The number of amides is 1. The van der Waals surface area contributed by atoms with Crippen LogP contribution in [0.1, 0.15) is 18.4 Å². The van der Waals surface area contributed by atoms with Gasteiger partial charge in [-0.2, -0.15) is 0 Å². The smallest absolute Gasteiger partial charge is 0.262 e. The van der Waals surface area contributed by atoms with E-state index in [2.05, 4.69) is 4.72 Å². The predicted molar refractivity (Wildman–Crippen MR) is 103 cm³/mol. The maximum absolute atomic E-state index is 12.8. The van der Waals surface area contributed by atoms with Crippen LogP contribution in [0.3, 0.4) is 0 Å². The Labute approximate surface area is 163 Å². The topological polar surface area (TPSA) is 84.9 Å². The molecule has 2 aromatic carbocycles. The van der Waals surface area contributed by atoms with Crippen LogP contribution in [0.2, 0.25) is 0 Å². The lowest BCUT2D eigenvalue weighted by molar-refractivity contribution is -0.119. The molecule has 146 valence electrons. The van der Waals surface area contributed by atoms with Crippen LogP contribution < -0.4 is 19.1 Å². The minimum Gasteiger partial charge on any atom is -0.486 e. The molecule has 2 aliphatic heterocycles. The largest absolute Gasteiger partial charge is 0.486 e. The quantitative estimate of drug-likeness (QED) is 0.853. The van der Waals surface area contributed by atoms with Crippen molar-refractivity contribution in [1.29, 1.82) is 0 Å². The van der Waals surface area contributed by atoms with Crippen LogP contribution in [0.5, 0.6) is 11.5 Å². The van der Waals surface area contributed by atoms with E-state index >= 15 is 0 Å². The van der Waals surface area contributed by atoms with Crippen LogP contribution in [-0.4, -0.2) is 34.1 Å². The molecule has 0 atom stereocenters. The van der Waals surface area contributed by atoms with Gasteiger partial charge in [-0.15, -0.1) is 0 Å². The van der Waals surface area contributed by atoms with Crippen molar-refractivity contribution in [2.24, 2.45) is 5.92 Å². The summed E-state index contributed by atoms with van der Waals surface area (Å²) >= 11 is 0. The number of anilines is 2. The van der Waals surface area contributed by atoms with Crippen LogP contribution in [0.25, 0.3) is 0 Å². The first-order chi connectivity index (χ1) is 13.5. The maximum atomic E-state index is 12.8. The van der Waals surface area contributed by atoms with Gasteiger partial charge in [0.05, 0.1) is 4.90 Å². The average molecular weight is 400 g/mol. The normalized spacial score (nSPS) is 17.9. The third kappa shape index (κ3) is 3.07. The lowest BCUT2D eigenvalue weighted by Gasteiger charge is -2.19. The zero-order chi connectivity index (χ0) is 19.3. The first-order valence-electron chi connectivity index (χ1n) is 9.38. The summed E-state index contributed by atoms with van der Waals surface area (Å²) in [7, 11) is -3.76. The highest BCUT2D eigenvalue weighted by atomic mass is 32.2. The van der Waals surface area contributed by atoms with E-state index < -0.39 is 10.0 Å². The van der Waals surface area contributed by atoms with Crippen molar-refractivity contribution < 1.29 is 22.7 Å². The minimum absolute atomic E-state index is 0.114. The number of fused-ring (bicyclic) bond motifs is 2. The Morgan fingerprint density at radius 2 is 1.82 bits per heavy atom. The van der Waals surface area contributed by atoms with Gasteiger partial charge in [-0.1, -0.05) is 0 Å². The fraction of sp³-hybridized carbons (Fsp3) is 0.350. The van der Waals surface area contributed by atoms with Crippen LogP contribution in [0, 0.1) is 5.92 Å². The molecule has 1 amide bonds. The summed E-state index contributed by atoms with van der Waals surface area (Å²) in [5.74, 6) is 1.32. The van der Waals surface area contributed by atoms with E-state index in [1.54, 1.807) is 12.1 Å². The molecule has 0 aromatic heterocycles. The van der Waals surface area contributed by atoms with E-state index in [0.29, 0.717) is 36.9 Å². The highest BCUT2D eigenvalue weighted by Crippen LogP contribution is 2.38. The summed E-state index contributed by atoms with van der Waals surface area (Å²) in [5.41, 5.74) is 2.35. The molecule has 1 fully saturated rings. The van der Waals surface area contributed by atoms with Crippen molar-refractivity contribution in [1.82, 2.24) is 0 Å². The number of benzene rings is 2. The zero-order valence-corrected chi connectivity index (χ0v) is 16.0. The Morgan fingerprint density at radius 3 is 2.61 bits per heavy atom.